The first-order valence-electron chi connectivity index (χ1n) is 6.18. The fourth-order valence-electron chi connectivity index (χ4n) is 3.33. The zero-order valence-electron chi connectivity index (χ0n) is 9.46. The normalized spacial score (nSPS) is 38.5. The molecule has 3 atom stereocenters. The van der Waals surface area contributed by atoms with Gasteiger partial charge < -0.3 is 0 Å². The summed E-state index contributed by atoms with van der Waals surface area (Å²) in [6.45, 7) is 4.69. The zero-order valence-corrected chi connectivity index (χ0v) is 9.46. The maximum absolute atomic E-state index is 11.3. The first-order chi connectivity index (χ1) is 6.66. The number of Topliss-reactive ketones (excluding diaryl/α,β-unsaturated/α-hetero) is 1. The van der Waals surface area contributed by atoms with Crippen LogP contribution in [0.25, 0.3) is 0 Å². The summed E-state index contributed by atoms with van der Waals surface area (Å²) in [6.07, 6.45) is 7.04. The number of hydrogen-bond acceptors (Lipinski definition) is 1. The van der Waals surface area contributed by atoms with Gasteiger partial charge in [0.05, 0.1) is 0 Å². The van der Waals surface area contributed by atoms with Crippen LogP contribution >= 0.6 is 0 Å². The van der Waals surface area contributed by atoms with Gasteiger partial charge >= 0.3 is 0 Å². The van der Waals surface area contributed by atoms with Crippen LogP contribution in [0.1, 0.15) is 52.4 Å². The molecule has 0 aromatic heterocycles. The molecule has 0 aromatic carbocycles. The second-order valence-electron chi connectivity index (χ2n) is 5.62. The number of fused-ring (bicyclic) bond motifs is 1. The Bertz CT molecular complexity index is 219. The predicted molar refractivity (Wildman–Crippen MR) is 58.0 cm³/mol. The molecule has 1 nitrogen and oxygen atoms in total. The Morgan fingerprint density at radius 3 is 2.64 bits per heavy atom. The number of carbonyl (C=O) groups is 1. The lowest BCUT2D eigenvalue weighted by Gasteiger charge is -2.40. The van der Waals surface area contributed by atoms with Gasteiger partial charge in [-0.3, -0.25) is 4.79 Å². The molecule has 0 aliphatic heterocycles. The molecule has 0 saturated heterocycles. The smallest absolute Gasteiger partial charge is 0.133 e. The van der Waals surface area contributed by atoms with Crippen molar-refractivity contribution in [2.24, 2.45) is 23.7 Å². The van der Waals surface area contributed by atoms with Gasteiger partial charge in [-0.25, -0.2) is 0 Å². The van der Waals surface area contributed by atoms with Crippen molar-refractivity contribution < 1.29 is 4.79 Å². The van der Waals surface area contributed by atoms with Crippen molar-refractivity contribution in [3.8, 4) is 0 Å². The summed E-state index contributed by atoms with van der Waals surface area (Å²) in [7, 11) is 0. The molecule has 0 N–H and O–H groups in total. The Morgan fingerprint density at radius 2 is 1.93 bits per heavy atom. The van der Waals surface area contributed by atoms with Gasteiger partial charge in [0.15, 0.2) is 0 Å². The number of hydrogen-bond donors (Lipinski definition) is 0. The Morgan fingerprint density at radius 1 is 1.14 bits per heavy atom. The summed E-state index contributed by atoms with van der Waals surface area (Å²) in [6, 6.07) is 0. The van der Waals surface area contributed by atoms with E-state index in [-0.39, 0.29) is 0 Å². The van der Waals surface area contributed by atoms with Gasteiger partial charge in [0.2, 0.25) is 0 Å². The molecule has 1 heteroatoms. The average Bonchev–Trinajstić information content (AvgIpc) is 2.16. The van der Waals surface area contributed by atoms with Gasteiger partial charge in [0, 0.05) is 12.8 Å². The minimum atomic E-state index is 0.522. The van der Waals surface area contributed by atoms with E-state index in [0.29, 0.717) is 5.78 Å². The molecule has 0 heterocycles. The van der Waals surface area contributed by atoms with E-state index in [1.165, 1.54) is 25.7 Å². The lowest BCUT2D eigenvalue weighted by Crippen LogP contribution is -2.32. The van der Waals surface area contributed by atoms with Crippen molar-refractivity contribution in [1.29, 1.82) is 0 Å². The lowest BCUT2D eigenvalue weighted by molar-refractivity contribution is -0.123. The molecule has 0 radical (unpaired) electrons. The third kappa shape index (κ3) is 2.02. The van der Waals surface area contributed by atoms with Gasteiger partial charge in [-0.05, 0) is 49.4 Å². The fourth-order valence-corrected chi connectivity index (χ4v) is 3.33. The van der Waals surface area contributed by atoms with Crippen molar-refractivity contribution in [3.05, 3.63) is 0 Å². The maximum Gasteiger partial charge on any atom is 0.133 e. The first kappa shape index (κ1) is 10.2. The fraction of sp³-hybridized carbons (Fsp3) is 0.923. The van der Waals surface area contributed by atoms with E-state index < -0.39 is 0 Å². The molecule has 14 heavy (non-hydrogen) atoms. The van der Waals surface area contributed by atoms with Crippen LogP contribution in [0, 0.1) is 23.7 Å². The first-order valence-corrected chi connectivity index (χ1v) is 6.18. The van der Waals surface area contributed by atoms with E-state index in [4.69, 9.17) is 0 Å². The third-order valence-corrected chi connectivity index (χ3v) is 4.41. The maximum atomic E-state index is 11.3. The third-order valence-electron chi connectivity index (χ3n) is 4.41. The van der Waals surface area contributed by atoms with Crippen molar-refractivity contribution in [2.45, 2.75) is 52.4 Å². The molecular weight excluding hydrogens is 172 g/mol. The standard InChI is InChI=1S/C13H22O/c1-9(2)10-3-4-12-8-13(14)6-5-11(12)7-10/h9-12H,3-8H2,1-2H3/t10-,11+,12+/m0/s1. The average molecular weight is 194 g/mol. The Labute approximate surface area is 87.3 Å². The summed E-state index contributed by atoms with van der Waals surface area (Å²) < 4.78 is 0. The minimum Gasteiger partial charge on any atom is -0.300 e. The molecule has 0 unspecified atom stereocenters. The Kier molecular flexibility index (Phi) is 2.94. The van der Waals surface area contributed by atoms with Crippen LogP contribution in [0.4, 0.5) is 0 Å². The minimum absolute atomic E-state index is 0.522. The van der Waals surface area contributed by atoms with Crippen LogP contribution in [0.15, 0.2) is 0 Å². The van der Waals surface area contributed by atoms with Gasteiger partial charge in [0.25, 0.3) is 0 Å². The van der Waals surface area contributed by atoms with E-state index in [0.717, 1.165) is 36.5 Å². The molecule has 0 aromatic rings. The molecule has 0 amide bonds. The number of rotatable bonds is 1. The highest BCUT2D eigenvalue weighted by Crippen LogP contribution is 2.43. The van der Waals surface area contributed by atoms with Crippen LogP contribution in [0.5, 0.6) is 0 Å². The lowest BCUT2D eigenvalue weighted by atomic mass is 9.65. The van der Waals surface area contributed by atoms with Crippen molar-refractivity contribution >= 4 is 5.78 Å². The topological polar surface area (TPSA) is 17.1 Å². The molecular formula is C13H22O. The van der Waals surface area contributed by atoms with Crippen LogP contribution < -0.4 is 0 Å². The van der Waals surface area contributed by atoms with E-state index in [9.17, 15) is 4.79 Å². The number of ketones is 1. The molecule has 0 bridgehead atoms. The highest BCUT2D eigenvalue weighted by molar-refractivity contribution is 5.79. The van der Waals surface area contributed by atoms with Crippen LogP contribution in [0.3, 0.4) is 0 Å². The molecule has 2 rings (SSSR count). The summed E-state index contributed by atoms with van der Waals surface area (Å²) in [5, 5.41) is 0. The Balaban J connectivity index is 1.94. The SMILES string of the molecule is CC(C)[C@H]1CC[C@@H]2CC(=O)CC[C@@H]2C1. The van der Waals surface area contributed by atoms with Crippen molar-refractivity contribution in [2.75, 3.05) is 0 Å². The van der Waals surface area contributed by atoms with Crippen molar-refractivity contribution in [3.63, 3.8) is 0 Å². The second kappa shape index (κ2) is 4.04. The summed E-state index contributed by atoms with van der Waals surface area (Å²) in [5.74, 6) is 3.94. The highest BCUT2D eigenvalue weighted by Gasteiger charge is 2.35. The largest absolute Gasteiger partial charge is 0.300 e. The molecule has 80 valence electrons. The van der Waals surface area contributed by atoms with Gasteiger partial charge in [-0.1, -0.05) is 13.8 Å². The van der Waals surface area contributed by atoms with E-state index in [1.54, 1.807) is 0 Å². The predicted octanol–water partition coefficient (Wildman–Crippen LogP) is 3.43. The van der Waals surface area contributed by atoms with E-state index in [1.807, 2.05) is 0 Å². The quantitative estimate of drug-likeness (QED) is 0.625. The van der Waals surface area contributed by atoms with Crippen molar-refractivity contribution in [1.82, 2.24) is 0 Å². The van der Waals surface area contributed by atoms with Crippen LogP contribution in [-0.2, 0) is 4.79 Å². The molecule has 0 spiro atoms. The second-order valence-corrected chi connectivity index (χ2v) is 5.62. The summed E-state index contributed by atoms with van der Waals surface area (Å²) in [4.78, 5) is 11.3. The molecule has 2 aliphatic rings. The van der Waals surface area contributed by atoms with Gasteiger partial charge in [-0.2, -0.15) is 0 Å². The monoisotopic (exact) mass is 194 g/mol. The molecule has 2 aliphatic carbocycles. The number of carbonyl (C=O) groups excluding carboxylic acids is 1. The molecule has 2 saturated carbocycles. The van der Waals surface area contributed by atoms with Crippen LogP contribution in [0.2, 0.25) is 0 Å². The zero-order chi connectivity index (χ0) is 10.1. The summed E-state index contributed by atoms with van der Waals surface area (Å²) >= 11 is 0. The van der Waals surface area contributed by atoms with Gasteiger partial charge in [0.1, 0.15) is 5.78 Å². The van der Waals surface area contributed by atoms with E-state index >= 15 is 0 Å². The Hall–Kier alpha value is -0.330. The van der Waals surface area contributed by atoms with E-state index in [2.05, 4.69) is 13.8 Å². The molecule has 2 fully saturated rings. The van der Waals surface area contributed by atoms with Crippen LogP contribution in [-0.4, -0.2) is 5.78 Å². The highest BCUT2D eigenvalue weighted by atomic mass is 16.1. The van der Waals surface area contributed by atoms with Gasteiger partial charge in [-0.15, -0.1) is 0 Å². The summed E-state index contributed by atoms with van der Waals surface area (Å²) in [5.41, 5.74) is 0.